The minimum absolute atomic E-state index is 0.0722. The molecule has 5 nitrogen and oxygen atoms in total. The quantitative estimate of drug-likeness (QED) is 0.847. The third-order valence-electron chi connectivity index (χ3n) is 4.44. The van der Waals surface area contributed by atoms with Gasteiger partial charge in [-0.1, -0.05) is 12.1 Å². The first-order valence-electron chi connectivity index (χ1n) is 8.14. The van der Waals surface area contributed by atoms with E-state index in [0.717, 1.165) is 36.4 Å². The van der Waals surface area contributed by atoms with Crippen LogP contribution in [0.4, 0.5) is 0 Å². The van der Waals surface area contributed by atoms with Crippen molar-refractivity contribution in [1.29, 1.82) is 0 Å². The smallest absolute Gasteiger partial charge is 0.227 e. The van der Waals surface area contributed by atoms with Crippen LogP contribution in [0.2, 0.25) is 0 Å². The van der Waals surface area contributed by atoms with Crippen LogP contribution < -0.4 is 9.47 Å². The van der Waals surface area contributed by atoms with Crippen LogP contribution >= 0.6 is 0 Å². The predicted octanol–water partition coefficient (Wildman–Crippen LogP) is 3.01. The molecule has 1 aromatic carbocycles. The number of benzene rings is 1. The summed E-state index contributed by atoms with van der Waals surface area (Å²) in [6, 6.07) is 11.5. The highest BCUT2D eigenvalue weighted by Gasteiger charge is 2.30. The average molecular weight is 326 g/mol. The number of carbonyl (C=O) groups excluding carboxylic acids is 1. The number of nitrogens with zero attached hydrogens (tertiary/aromatic N) is 2. The molecule has 5 heteroatoms. The zero-order chi connectivity index (χ0) is 16.9. The molecule has 0 saturated carbocycles. The van der Waals surface area contributed by atoms with Crippen molar-refractivity contribution in [3.63, 3.8) is 0 Å². The van der Waals surface area contributed by atoms with Crippen LogP contribution in [0.1, 0.15) is 30.1 Å². The molecule has 1 aromatic heterocycles. The van der Waals surface area contributed by atoms with Crippen LogP contribution in [-0.2, 0) is 11.2 Å². The number of amides is 1. The Morgan fingerprint density at radius 3 is 2.83 bits per heavy atom. The van der Waals surface area contributed by atoms with Gasteiger partial charge >= 0.3 is 0 Å². The number of likely N-dealkylation sites (tertiary alicyclic amines) is 1. The summed E-state index contributed by atoms with van der Waals surface area (Å²) in [5.74, 6) is 1.50. The summed E-state index contributed by atoms with van der Waals surface area (Å²) in [6.07, 6.45) is 4.06. The van der Waals surface area contributed by atoms with Crippen molar-refractivity contribution >= 4 is 5.91 Å². The van der Waals surface area contributed by atoms with Gasteiger partial charge in [-0.15, -0.1) is 0 Å². The van der Waals surface area contributed by atoms with Gasteiger partial charge in [0.1, 0.15) is 11.5 Å². The Kier molecular flexibility index (Phi) is 4.99. The number of carbonyl (C=O) groups is 1. The van der Waals surface area contributed by atoms with Gasteiger partial charge in [-0.05, 0) is 31.0 Å². The van der Waals surface area contributed by atoms with Crippen LogP contribution in [-0.4, -0.2) is 36.6 Å². The Morgan fingerprint density at radius 2 is 2.12 bits per heavy atom. The Balaban J connectivity index is 1.77. The normalized spacial score (nSPS) is 16.9. The molecule has 0 spiro atoms. The predicted molar refractivity (Wildman–Crippen MR) is 91.2 cm³/mol. The molecular formula is C19H22N2O3. The van der Waals surface area contributed by atoms with Crippen molar-refractivity contribution in [2.45, 2.75) is 25.3 Å². The molecule has 2 aromatic rings. The molecule has 1 aliphatic rings. The van der Waals surface area contributed by atoms with Gasteiger partial charge in [-0.3, -0.25) is 9.78 Å². The highest BCUT2D eigenvalue weighted by atomic mass is 16.5. The first kappa shape index (κ1) is 16.3. The second-order valence-corrected chi connectivity index (χ2v) is 5.85. The lowest BCUT2D eigenvalue weighted by Gasteiger charge is -2.24. The van der Waals surface area contributed by atoms with E-state index < -0.39 is 0 Å². The van der Waals surface area contributed by atoms with Gasteiger partial charge < -0.3 is 14.4 Å². The summed E-state index contributed by atoms with van der Waals surface area (Å²) in [5, 5.41) is 0. The minimum atomic E-state index is 0.0722. The maximum Gasteiger partial charge on any atom is 0.227 e. The molecule has 24 heavy (non-hydrogen) atoms. The molecule has 126 valence electrons. The molecule has 1 fully saturated rings. The number of ether oxygens (including phenoxy) is 2. The van der Waals surface area contributed by atoms with Crippen molar-refractivity contribution in [2.75, 3.05) is 20.8 Å². The maximum atomic E-state index is 12.8. The van der Waals surface area contributed by atoms with Gasteiger partial charge in [0.25, 0.3) is 0 Å². The van der Waals surface area contributed by atoms with E-state index in [0.29, 0.717) is 12.2 Å². The van der Waals surface area contributed by atoms with Gasteiger partial charge in [0, 0.05) is 24.4 Å². The van der Waals surface area contributed by atoms with Crippen LogP contribution in [0, 0.1) is 0 Å². The fraction of sp³-hybridized carbons (Fsp3) is 0.368. The molecule has 0 aliphatic carbocycles. The summed E-state index contributed by atoms with van der Waals surface area (Å²) >= 11 is 0. The van der Waals surface area contributed by atoms with E-state index in [-0.39, 0.29) is 11.9 Å². The number of hydrogen-bond donors (Lipinski definition) is 0. The Labute approximate surface area is 142 Å². The number of hydrogen-bond acceptors (Lipinski definition) is 4. The number of methoxy groups -OCH3 is 2. The van der Waals surface area contributed by atoms with E-state index in [4.69, 9.17) is 9.47 Å². The van der Waals surface area contributed by atoms with Gasteiger partial charge in [0.15, 0.2) is 0 Å². The topological polar surface area (TPSA) is 51.7 Å². The Morgan fingerprint density at radius 1 is 1.25 bits per heavy atom. The standard InChI is InChI=1S/C19H22N2O3/c1-23-15-9-8-14(18(13-15)24-2)12-19(22)21-11-5-7-17(21)16-6-3-4-10-20-16/h3-4,6,8-10,13,17H,5,7,11-12H2,1-2H3/t17-/m1/s1. The van der Waals surface area contributed by atoms with E-state index >= 15 is 0 Å². The minimum Gasteiger partial charge on any atom is -0.497 e. The Bertz CT molecular complexity index is 703. The summed E-state index contributed by atoms with van der Waals surface area (Å²) < 4.78 is 10.6. The molecule has 3 rings (SSSR count). The Hall–Kier alpha value is -2.56. The third-order valence-corrected chi connectivity index (χ3v) is 4.44. The summed E-state index contributed by atoms with van der Waals surface area (Å²) in [6.45, 7) is 0.776. The molecule has 1 saturated heterocycles. The molecule has 0 unspecified atom stereocenters. The summed E-state index contributed by atoms with van der Waals surface area (Å²) in [5.41, 5.74) is 1.83. The number of rotatable bonds is 5. The molecule has 1 atom stereocenters. The highest BCUT2D eigenvalue weighted by molar-refractivity contribution is 5.80. The average Bonchev–Trinajstić information content (AvgIpc) is 3.12. The van der Waals surface area contributed by atoms with Crippen molar-refractivity contribution in [2.24, 2.45) is 0 Å². The van der Waals surface area contributed by atoms with E-state index in [9.17, 15) is 4.79 Å². The largest absolute Gasteiger partial charge is 0.497 e. The zero-order valence-electron chi connectivity index (χ0n) is 14.1. The maximum absolute atomic E-state index is 12.8. The van der Waals surface area contributed by atoms with Crippen molar-refractivity contribution in [1.82, 2.24) is 9.88 Å². The summed E-state index contributed by atoms with van der Waals surface area (Å²) in [4.78, 5) is 19.2. The van der Waals surface area contributed by atoms with Crippen LogP contribution in [0.3, 0.4) is 0 Å². The fourth-order valence-electron chi connectivity index (χ4n) is 3.21. The molecule has 2 heterocycles. The van der Waals surface area contributed by atoms with E-state index in [2.05, 4.69) is 4.98 Å². The second-order valence-electron chi connectivity index (χ2n) is 5.85. The first-order valence-corrected chi connectivity index (χ1v) is 8.14. The van der Waals surface area contributed by atoms with Gasteiger partial charge in [-0.25, -0.2) is 0 Å². The zero-order valence-corrected chi connectivity index (χ0v) is 14.1. The van der Waals surface area contributed by atoms with E-state index in [1.165, 1.54) is 0 Å². The van der Waals surface area contributed by atoms with Crippen molar-refractivity contribution < 1.29 is 14.3 Å². The van der Waals surface area contributed by atoms with E-state index in [1.807, 2.05) is 41.3 Å². The molecule has 0 N–H and O–H groups in total. The lowest BCUT2D eigenvalue weighted by Crippen LogP contribution is -2.32. The van der Waals surface area contributed by atoms with Crippen molar-refractivity contribution in [3.05, 3.63) is 53.9 Å². The highest BCUT2D eigenvalue weighted by Crippen LogP contribution is 2.32. The van der Waals surface area contributed by atoms with Gasteiger partial charge in [-0.2, -0.15) is 0 Å². The number of aromatic nitrogens is 1. The van der Waals surface area contributed by atoms with Crippen molar-refractivity contribution in [3.8, 4) is 11.5 Å². The molecule has 0 bridgehead atoms. The SMILES string of the molecule is COc1ccc(CC(=O)N2CCC[C@@H]2c2ccccn2)c(OC)c1. The monoisotopic (exact) mass is 326 g/mol. The number of pyridine rings is 1. The molecule has 1 aliphatic heterocycles. The van der Waals surface area contributed by atoms with Crippen LogP contribution in [0.25, 0.3) is 0 Å². The lowest BCUT2D eigenvalue weighted by atomic mass is 10.1. The van der Waals surface area contributed by atoms with E-state index in [1.54, 1.807) is 20.4 Å². The van der Waals surface area contributed by atoms with Gasteiger partial charge in [0.2, 0.25) is 5.91 Å². The third kappa shape index (κ3) is 3.35. The van der Waals surface area contributed by atoms with Gasteiger partial charge in [0.05, 0.1) is 32.4 Å². The molecule has 0 radical (unpaired) electrons. The molecular weight excluding hydrogens is 304 g/mol. The van der Waals surface area contributed by atoms with Crippen LogP contribution in [0.15, 0.2) is 42.6 Å². The fourth-order valence-corrected chi connectivity index (χ4v) is 3.21. The first-order chi connectivity index (χ1) is 11.7. The molecule has 1 amide bonds. The summed E-state index contributed by atoms with van der Waals surface area (Å²) in [7, 11) is 3.22. The van der Waals surface area contributed by atoms with Crippen LogP contribution in [0.5, 0.6) is 11.5 Å². The second kappa shape index (κ2) is 7.34. The lowest BCUT2D eigenvalue weighted by molar-refractivity contribution is -0.131.